The van der Waals surface area contributed by atoms with E-state index in [-0.39, 0.29) is 18.7 Å². The van der Waals surface area contributed by atoms with Crippen LogP contribution in [0.3, 0.4) is 0 Å². The average molecular weight is 377 g/mol. The summed E-state index contributed by atoms with van der Waals surface area (Å²) >= 11 is 0. The predicted molar refractivity (Wildman–Crippen MR) is 100 cm³/mol. The molecular weight excluding hydrogens is 350 g/mol. The van der Waals surface area contributed by atoms with Gasteiger partial charge in [0.15, 0.2) is 5.34 Å². The molecule has 148 valence electrons. The van der Waals surface area contributed by atoms with Crippen LogP contribution in [0.4, 0.5) is 4.79 Å². The molecule has 1 N–H and O–H groups in total. The summed E-state index contributed by atoms with van der Waals surface area (Å²) in [6, 6.07) is 6.72. The van der Waals surface area contributed by atoms with Crippen molar-refractivity contribution >= 4 is 6.09 Å². The number of benzene rings is 1. The Bertz CT molecular complexity index is 639. The molecular formula is C19H27N3O5. The molecule has 1 heterocycles. The van der Waals surface area contributed by atoms with Crippen LogP contribution < -0.4 is 0 Å². The normalized spacial score (nSPS) is 17.6. The zero-order valence-electron chi connectivity index (χ0n) is 15.8. The van der Waals surface area contributed by atoms with Crippen LogP contribution in [0.15, 0.2) is 42.3 Å². The molecule has 27 heavy (non-hydrogen) atoms. The van der Waals surface area contributed by atoms with Crippen LogP contribution in [0.2, 0.25) is 0 Å². The number of aliphatic hydroxyl groups is 1. The highest BCUT2D eigenvalue weighted by atomic mass is 16.8. The number of hydrogen-bond acceptors (Lipinski definition) is 7. The van der Waals surface area contributed by atoms with Crippen LogP contribution in [0.5, 0.6) is 0 Å². The van der Waals surface area contributed by atoms with Crippen LogP contribution in [-0.2, 0) is 22.0 Å². The van der Waals surface area contributed by atoms with E-state index in [0.29, 0.717) is 12.1 Å². The van der Waals surface area contributed by atoms with E-state index < -0.39 is 5.79 Å². The number of ether oxygens (including phenoxy) is 1. The SMILES string of the molecule is C=CCN(C(=O)OCc1ccc(C(C)(O)ON=O)cc1)C1CCN(C)CC1. The van der Waals surface area contributed by atoms with Gasteiger partial charge in [0.2, 0.25) is 0 Å². The van der Waals surface area contributed by atoms with Gasteiger partial charge in [0, 0.05) is 25.1 Å². The summed E-state index contributed by atoms with van der Waals surface area (Å²) in [6.07, 6.45) is 3.16. The Morgan fingerprint density at radius 3 is 2.59 bits per heavy atom. The van der Waals surface area contributed by atoms with Crippen molar-refractivity contribution in [3.63, 3.8) is 0 Å². The van der Waals surface area contributed by atoms with Crippen molar-refractivity contribution in [2.45, 2.75) is 38.2 Å². The molecule has 1 amide bonds. The summed E-state index contributed by atoms with van der Waals surface area (Å²) in [7, 11) is 2.07. The topological polar surface area (TPSA) is 91.7 Å². The zero-order valence-corrected chi connectivity index (χ0v) is 15.8. The van der Waals surface area contributed by atoms with Crippen LogP contribution in [-0.4, -0.2) is 53.7 Å². The highest BCUT2D eigenvalue weighted by Crippen LogP contribution is 2.23. The molecule has 2 rings (SSSR count). The zero-order chi connectivity index (χ0) is 19.9. The molecule has 1 atom stereocenters. The van der Waals surface area contributed by atoms with Crippen molar-refractivity contribution in [3.05, 3.63) is 53.0 Å². The molecule has 0 bridgehead atoms. The molecule has 0 aromatic heterocycles. The Kier molecular flexibility index (Phi) is 7.32. The van der Waals surface area contributed by atoms with E-state index in [9.17, 15) is 14.8 Å². The molecule has 1 aliphatic heterocycles. The smallest absolute Gasteiger partial charge is 0.410 e. The Balaban J connectivity index is 1.94. The first-order chi connectivity index (χ1) is 12.9. The standard InChI is InChI=1S/C19H27N3O5/c1-4-11-22(17-9-12-21(3)13-10-17)18(23)26-14-15-5-7-16(8-6-15)19(2,24)27-20-25/h4-8,17,24H,1,9-14H2,2-3H3. The van der Waals surface area contributed by atoms with Gasteiger partial charge >= 0.3 is 6.09 Å². The molecule has 1 aliphatic rings. The van der Waals surface area contributed by atoms with Crippen molar-refractivity contribution in [3.8, 4) is 0 Å². The van der Waals surface area contributed by atoms with E-state index in [2.05, 4.69) is 28.7 Å². The highest BCUT2D eigenvalue weighted by molar-refractivity contribution is 5.68. The van der Waals surface area contributed by atoms with Crippen molar-refractivity contribution < 1.29 is 19.5 Å². The molecule has 1 saturated heterocycles. The number of piperidine rings is 1. The van der Waals surface area contributed by atoms with E-state index >= 15 is 0 Å². The number of amides is 1. The molecule has 1 aromatic rings. The van der Waals surface area contributed by atoms with E-state index in [4.69, 9.17) is 4.74 Å². The minimum absolute atomic E-state index is 0.105. The third kappa shape index (κ3) is 5.77. The van der Waals surface area contributed by atoms with Crippen LogP contribution >= 0.6 is 0 Å². The third-order valence-electron chi connectivity index (χ3n) is 4.76. The maximum atomic E-state index is 12.5. The quantitative estimate of drug-likeness (QED) is 0.324. The Hall–Kier alpha value is -2.45. The van der Waals surface area contributed by atoms with Crippen molar-refractivity contribution in [1.82, 2.24) is 9.80 Å². The summed E-state index contributed by atoms with van der Waals surface area (Å²) in [6.45, 7) is 7.50. The number of likely N-dealkylation sites (tertiary alicyclic amines) is 1. The fraction of sp³-hybridized carbons (Fsp3) is 0.526. The van der Waals surface area contributed by atoms with Gasteiger partial charge in [-0.1, -0.05) is 30.3 Å². The monoisotopic (exact) mass is 377 g/mol. The molecule has 1 unspecified atom stereocenters. The summed E-state index contributed by atoms with van der Waals surface area (Å²) in [5.74, 6) is -1.80. The van der Waals surface area contributed by atoms with E-state index in [0.717, 1.165) is 31.5 Å². The van der Waals surface area contributed by atoms with Gasteiger partial charge in [-0.2, -0.15) is 0 Å². The van der Waals surface area contributed by atoms with E-state index in [1.807, 2.05) is 0 Å². The molecule has 0 radical (unpaired) electrons. The Morgan fingerprint density at radius 1 is 1.41 bits per heavy atom. The first kappa shape index (κ1) is 20.9. The summed E-state index contributed by atoms with van der Waals surface area (Å²) in [5, 5.41) is 12.2. The van der Waals surface area contributed by atoms with Gasteiger partial charge in [0.25, 0.3) is 5.79 Å². The van der Waals surface area contributed by atoms with Crippen LogP contribution in [0.25, 0.3) is 0 Å². The Morgan fingerprint density at radius 2 is 2.04 bits per heavy atom. The number of nitrogens with zero attached hydrogens (tertiary/aromatic N) is 3. The second-order valence-electron chi connectivity index (χ2n) is 6.88. The van der Waals surface area contributed by atoms with Gasteiger partial charge in [-0.3, -0.25) is 0 Å². The maximum Gasteiger partial charge on any atom is 0.410 e. The Labute approximate surface area is 159 Å². The number of hydrogen-bond donors (Lipinski definition) is 1. The predicted octanol–water partition coefficient (Wildman–Crippen LogP) is 2.77. The molecule has 1 fully saturated rings. The van der Waals surface area contributed by atoms with Gasteiger partial charge in [0.1, 0.15) is 6.61 Å². The number of carbonyl (C=O) groups excluding carboxylic acids is 1. The first-order valence-electron chi connectivity index (χ1n) is 8.93. The number of carbonyl (C=O) groups is 1. The number of rotatable bonds is 8. The van der Waals surface area contributed by atoms with Gasteiger partial charge in [0.05, 0.1) is 0 Å². The van der Waals surface area contributed by atoms with Crippen LogP contribution in [0.1, 0.15) is 30.9 Å². The lowest BCUT2D eigenvalue weighted by molar-refractivity contribution is -0.200. The van der Waals surface area contributed by atoms with E-state index in [1.165, 1.54) is 6.92 Å². The molecule has 0 saturated carbocycles. The van der Waals surface area contributed by atoms with E-state index in [1.54, 1.807) is 35.2 Å². The molecule has 8 heteroatoms. The summed E-state index contributed by atoms with van der Waals surface area (Å²) in [4.78, 5) is 31.1. The minimum Gasteiger partial charge on any atom is -0.445 e. The molecule has 8 nitrogen and oxygen atoms in total. The average Bonchev–Trinajstić information content (AvgIpc) is 2.65. The molecule has 0 spiro atoms. The van der Waals surface area contributed by atoms with Gasteiger partial charge in [-0.05, 0) is 38.5 Å². The lowest BCUT2D eigenvalue weighted by Crippen LogP contribution is -2.46. The van der Waals surface area contributed by atoms with Crippen molar-refractivity contribution in [2.24, 2.45) is 5.34 Å². The van der Waals surface area contributed by atoms with Crippen molar-refractivity contribution in [1.29, 1.82) is 0 Å². The first-order valence-corrected chi connectivity index (χ1v) is 8.93. The minimum atomic E-state index is -1.80. The van der Waals surface area contributed by atoms with Gasteiger partial charge < -0.3 is 24.5 Å². The molecule has 0 aliphatic carbocycles. The van der Waals surface area contributed by atoms with Gasteiger partial charge in [-0.25, -0.2) is 4.79 Å². The second-order valence-corrected chi connectivity index (χ2v) is 6.88. The molecule has 1 aromatic carbocycles. The van der Waals surface area contributed by atoms with Gasteiger partial charge in [-0.15, -0.1) is 11.5 Å². The second kappa shape index (κ2) is 9.48. The third-order valence-corrected chi connectivity index (χ3v) is 4.76. The largest absolute Gasteiger partial charge is 0.445 e. The maximum absolute atomic E-state index is 12.5. The fourth-order valence-electron chi connectivity index (χ4n) is 3.08. The highest BCUT2D eigenvalue weighted by Gasteiger charge is 2.28. The summed E-state index contributed by atoms with van der Waals surface area (Å²) in [5.41, 5.74) is 1.13. The lowest BCUT2D eigenvalue weighted by Gasteiger charge is -2.36. The summed E-state index contributed by atoms with van der Waals surface area (Å²) < 4.78 is 5.46. The lowest BCUT2D eigenvalue weighted by atomic mass is 10.0. The fourth-order valence-corrected chi connectivity index (χ4v) is 3.08. The van der Waals surface area contributed by atoms with Crippen molar-refractivity contribution in [2.75, 3.05) is 26.7 Å². The van der Waals surface area contributed by atoms with Crippen LogP contribution in [0, 0.1) is 4.91 Å².